The van der Waals surface area contributed by atoms with Crippen LogP contribution in [0.3, 0.4) is 0 Å². The summed E-state index contributed by atoms with van der Waals surface area (Å²) in [5.74, 6) is -8.23. The van der Waals surface area contributed by atoms with Crippen molar-refractivity contribution in [2.24, 2.45) is 0 Å². The zero-order chi connectivity index (χ0) is 70.1. The highest BCUT2D eigenvalue weighted by Gasteiger charge is 2.61. The quantitative estimate of drug-likeness (QED) is 0.0431. The highest BCUT2D eigenvalue weighted by Crippen LogP contribution is 2.40. The molecule has 0 spiro atoms. The molecule has 100 heavy (non-hydrogen) atoms. The monoisotopic (exact) mass is 1370 g/mol. The van der Waals surface area contributed by atoms with E-state index in [1.807, 2.05) is 0 Å². The van der Waals surface area contributed by atoms with Gasteiger partial charge in [-0.15, -0.1) is 0 Å². The largest absolute Gasteiger partial charge is 0.497 e. The smallest absolute Gasteiger partial charge is 0.339 e. The molecule has 3 fully saturated rings. The van der Waals surface area contributed by atoms with E-state index in [9.17, 15) is 48.6 Å². The third kappa shape index (κ3) is 17.0. The summed E-state index contributed by atoms with van der Waals surface area (Å²) >= 11 is 0. The molecular formula is C75H66O25. The van der Waals surface area contributed by atoms with Crippen LogP contribution < -0.4 is 9.47 Å². The number of hydrogen-bond donors (Lipinski definition) is 2. The number of rotatable bonds is 24. The van der Waals surface area contributed by atoms with E-state index in [1.54, 1.807) is 91.0 Å². The van der Waals surface area contributed by atoms with Crippen molar-refractivity contribution in [1.82, 2.24) is 0 Å². The van der Waals surface area contributed by atoms with Crippen LogP contribution in [0.5, 0.6) is 11.5 Å². The maximum atomic E-state index is 14.9. The summed E-state index contributed by atoms with van der Waals surface area (Å²) in [6.45, 7) is -1.86. The first-order valence-electron chi connectivity index (χ1n) is 31.4. The number of aliphatic hydroxyl groups is 2. The van der Waals surface area contributed by atoms with E-state index in [0.29, 0.717) is 5.75 Å². The van der Waals surface area contributed by atoms with Gasteiger partial charge < -0.3 is 81.3 Å². The molecule has 0 amide bonds. The molecule has 0 unspecified atom stereocenters. The molecule has 516 valence electrons. The predicted molar refractivity (Wildman–Crippen MR) is 345 cm³/mol. The van der Waals surface area contributed by atoms with Crippen molar-refractivity contribution < 1.29 is 120 Å². The number of methoxy groups -OCH3 is 2. The van der Waals surface area contributed by atoms with E-state index in [4.69, 9.17) is 71.1 Å². The van der Waals surface area contributed by atoms with Gasteiger partial charge in [0.25, 0.3) is 0 Å². The van der Waals surface area contributed by atoms with Crippen molar-refractivity contribution in [3.05, 3.63) is 276 Å². The second-order valence-corrected chi connectivity index (χ2v) is 22.6. The lowest BCUT2D eigenvalue weighted by Gasteiger charge is -2.50. The molecule has 3 heterocycles. The standard InChI is InChI=1S/C75H66O25/c1-86-51-38-40-52(41-39-51)89-73-63(96-70(83)49-34-20-8-21-35-49)58(56(92-66(79)45-26-12-4-13-27-45)54(91-73)43-88-65(78)44-24-10-3-11-25-44)99-74-62(95-69(82)48-32-18-7-19-33-48)57(55(77)53(42-76)90-74)98-75-64(97-71(84)50-36-22-9-23-37-50)60(94-68(81)47-30-16-6-17-31-47)59(61(100-75)72(85)87-2)93-67(80)46-28-14-5-15-29-46/h3-41,53-64,73-77H,42-43H2,1-2H3/t53-,54-,55+,56+,57+,58+,59+,60+,61+,62-,63-,64-,73-,74+,75-/m1/s1. The zero-order valence-corrected chi connectivity index (χ0v) is 53.4. The Labute approximate surface area is 571 Å². The summed E-state index contributed by atoms with van der Waals surface area (Å²) in [6, 6.07) is 58.8. The number of carbonyl (C=O) groups is 8. The Kier molecular flexibility index (Phi) is 23.4. The average Bonchev–Trinajstić information content (AvgIpc) is 0.761. The van der Waals surface area contributed by atoms with Crippen molar-refractivity contribution in [2.45, 2.75) is 92.1 Å². The van der Waals surface area contributed by atoms with Crippen LogP contribution in [-0.2, 0) is 66.4 Å². The van der Waals surface area contributed by atoms with E-state index in [2.05, 4.69) is 0 Å². The van der Waals surface area contributed by atoms with Gasteiger partial charge in [-0.1, -0.05) is 127 Å². The summed E-state index contributed by atoms with van der Waals surface area (Å²) < 4.78 is 94.1. The second-order valence-electron chi connectivity index (χ2n) is 22.6. The SMILES string of the molecule is COC(=O)[C@H]1O[C@@H](O[C@H]2[C@@H](O)[C@@H](CO)O[C@@H](O[C@H]3[C@@H](OC(=O)c4ccccc4)[C@@H](COC(=O)c4ccccc4)O[C@@H](Oc4ccc(OC)cc4)[C@@H]3OC(=O)c3ccccc3)[C@@H]2OC(=O)c2ccccc2)[C@H](OC(=O)c2ccccc2)[C@@H](OC(=O)c2ccccc2)[C@@H]1OC(=O)c1ccccc1. The number of benzene rings is 8. The van der Waals surface area contributed by atoms with Crippen LogP contribution in [0.2, 0.25) is 0 Å². The van der Waals surface area contributed by atoms with Gasteiger partial charge in [-0.2, -0.15) is 0 Å². The van der Waals surface area contributed by atoms with Crippen LogP contribution in [-0.4, -0.2) is 178 Å². The molecule has 0 radical (unpaired) electrons. The first-order chi connectivity index (χ1) is 48.7. The van der Waals surface area contributed by atoms with Crippen LogP contribution in [0.1, 0.15) is 72.5 Å². The van der Waals surface area contributed by atoms with E-state index in [-0.39, 0.29) is 44.7 Å². The Morgan fingerprint density at radius 1 is 0.340 bits per heavy atom. The lowest BCUT2D eigenvalue weighted by molar-refractivity contribution is -0.373. The fraction of sp³-hybridized carbons (Fsp3) is 0.253. The molecule has 25 nitrogen and oxygen atoms in total. The summed E-state index contributed by atoms with van der Waals surface area (Å²) in [4.78, 5) is 116. The highest BCUT2D eigenvalue weighted by molar-refractivity contribution is 5.93. The van der Waals surface area contributed by atoms with Crippen molar-refractivity contribution in [1.29, 1.82) is 0 Å². The minimum absolute atomic E-state index is 0.0215. The van der Waals surface area contributed by atoms with Crippen molar-refractivity contribution in [3.63, 3.8) is 0 Å². The lowest BCUT2D eigenvalue weighted by Crippen LogP contribution is -2.69. The molecule has 8 aromatic rings. The topological polar surface area (TPSA) is 315 Å². The van der Waals surface area contributed by atoms with Crippen LogP contribution >= 0.6 is 0 Å². The van der Waals surface area contributed by atoms with Gasteiger partial charge in [0.2, 0.25) is 6.29 Å². The van der Waals surface area contributed by atoms with Crippen molar-refractivity contribution in [2.75, 3.05) is 27.4 Å². The third-order valence-corrected chi connectivity index (χ3v) is 16.1. The molecule has 3 aliphatic heterocycles. The number of hydrogen-bond acceptors (Lipinski definition) is 25. The Balaban J connectivity index is 1.07. The van der Waals surface area contributed by atoms with E-state index >= 15 is 0 Å². The Bertz CT molecular complexity index is 4040. The second kappa shape index (κ2) is 33.4. The molecule has 0 aromatic heterocycles. The molecule has 3 saturated heterocycles. The number of esters is 8. The normalized spacial score (nSPS) is 24.7. The van der Waals surface area contributed by atoms with Gasteiger partial charge >= 0.3 is 47.8 Å². The Hall–Kier alpha value is -11.2. The van der Waals surface area contributed by atoms with Crippen LogP contribution in [0.15, 0.2) is 237 Å². The summed E-state index contributed by atoms with van der Waals surface area (Å²) in [6.07, 6.45) is -31.1. The number of aliphatic hydroxyl groups excluding tert-OH is 2. The molecule has 11 rings (SSSR count). The molecule has 3 aliphatic rings. The summed E-state index contributed by atoms with van der Waals surface area (Å²) in [5, 5.41) is 24.1. The Morgan fingerprint density at radius 3 is 1.05 bits per heavy atom. The van der Waals surface area contributed by atoms with Crippen LogP contribution in [0.25, 0.3) is 0 Å². The van der Waals surface area contributed by atoms with Crippen molar-refractivity contribution in [3.8, 4) is 11.5 Å². The van der Waals surface area contributed by atoms with Gasteiger partial charge in [0, 0.05) is 0 Å². The summed E-state index contributed by atoms with van der Waals surface area (Å²) in [7, 11) is 2.41. The van der Waals surface area contributed by atoms with Gasteiger partial charge in [0.15, 0.2) is 55.3 Å². The summed E-state index contributed by atoms with van der Waals surface area (Å²) in [5.41, 5.74) is -0.296. The number of ether oxygens (including phenoxy) is 15. The van der Waals surface area contributed by atoms with Crippen LogP contribution in [0, 0.1) is 0 Å². The lowest BCUT2D eigenvalue weighted by atomic mass is 9.95. The minimum Gasteiger partial charge on any atom is -0.497 e. The molecular weight excluding hydrogens is 1300 g/mol. The molecule has 2 N–H and O–H groups in total. The molecule has 0 saturated carbocycles. The van der Waals surface area contributed by atoms with Crippen molar-refractivity contribution >= 4 is 47.8 Å². The zero-order valence-electron chi connectivity index (χ0n) is 53.4. The predicted octanol–water partition coefficient (Wildman–Crippen LogP) is 7.76. The first kappa shape index (κ1) is 70.2. The van der Waals surface area contributed by atoms with E-state index in [1.165, 1.54) is 153 Å². The molecule has 0 bridgehead atoms. The first-order valence-corrected chi connectivity index (χ1v) is 31.4. The average molecular weight is 1370 g/mol. The van der Waals surface area contributed by atoms with Gasteiger partial charge in [-0.25, -0.2) is 38.4 Å². The molecule has 8 aromatic carbocycles. The highest BCUT2D eigenvalue weighted by atomic mass is 16.8. The maximum Gasteiger partial charge on any atom is 0.339 e. The minimum atomic E-state index is -2.33. The van der Waals surface area contributed by atoms with Gasteiger partial charge in [-0.05, 0) is 109 Å². The maximum absolute atomic E-state index is 14.9. The van der Waals surface area contributed by atoms with Gasteiger partial charge in [0.1, 0.15) is 48.6 Å². The Morgan fingerprint density at radius 2 is 0.660 bits per heavy atom. The van der Waals surface area contributed by atoms with Gasteiger partial charge in [-0.3, -0.25) is 0 Å². The third-order valence-electron chi connectivity index (χ3n) is 16.1. The fourth-order valence-corrected chi connectivity index (χ4v) is 11.1. The van der Waals surface area contributed by atoms with E-state index in [0.717, 1.165) is 7.11 Å². The molecule has 15 atom stereocenters. The molecule has 0 aliphatic carbocycles. The molecule has 25 heteroatoms. The number of carbonyl (C=O) groups excluding carboxylic acids is 8. The van der Waals surface area contributed by atoms with Gasteiger partial charge in [0.05, 0.1) is 59.8 Å². The van der Waals surface area contributed by atoms with E-state index < -0.39 is 153 Å². The fourth-order valence-electron chi connectivity index (χ4n) is 11.1. The van der Waals surface area contributed by atoms with Crippen LogP contribution in [0.4, 0.5) is 0 Å².